The summed E-state index contributed by atoms with van der Waals surface area (Å²) < 4.78 is 15.3. The second-order valence-corrected chi connectivity index (χ2v) is 5.11. The minimum absolute atomic E-state index is 0.0638. The van der Waals surface area contributed by atoms with Crippen LogP contribution >= 0.6 is 15.9 Å². The van der Waals surface area contributed by atoms with Gasteiger partial charge in [0.25, 0.3) is 0 Å². The van der Waals surface area contributed by atoms with E-state index < -0.39 is 5.67 Å². The fraction of sp³-hybridized carbons (Fsp3) is 0.500. The summed E-state index contributed by atoms with van der Waals surface area (Å²) in [6, 6.07) is 7.70. The number of alkyl halides is 1. The zero-order valence-electron chi connectivity index (χ0n) is 9.13. The van der Waals surface area contributed by atoms with Crippen molar-refractivity contribution in [2.24, 2.45) is 11.7 Å². The van der Waals surface area contributed by atoms with Crippen LogP contribution in [0.4, 0.5) is 4.39 Å². The van der Waals surface area contributed by atoms with Crippen molar-refractivity contribution in [2.75, 3.05) is 6.54 Å². The zero-order valence-corrected chi connectivity index (χ0v) is 10.7. The molecule has 0 amide bonds. The normalized spacial score (nSPS) is 15.3. The molecule has 0 bridgehead atoms. The van der Waals surface area contributed by atoms with E-state index in [0.717, 1.165) is 10.0 Å². The summed E-state index contributed by atoms with van der Waals surface area (Å²) in [6.07, 6.45) is 0.383. The lowest BCUT2D eigenvalue weighted by atomic mass is 9.86. The van der Waals surface area contributed by atoms with E-state index in [2.05, 4.69) is 15.9 Å². The fourth-order valence-corrected chi connectivity index (χ4v) is 1.72. The largest absolute Gasteiger partial charge is 0.328 e. The zero-order chi connectivity index (χ0) is 11.5. The van der Waals surface area contributed by atoms with E-state index in [0.29, 0.717) is 6.42 Å². The summed E-state index contributed by atoms with van der Waals surface area (Å²) in [7, 11) is 0. The molecule has 1 atom stereocenters. The second kappa shape index (κ2) is 5.08. The molecule has 1 unspecified atom stereocenters. The van der Waals surface area contributed by atoms with Crippen LogP contribution < -0.4 is 5.73 Å². The van der Waals surface area contributed by atoms with E-state index in [4.69, 9.17) is 5.73 Å². The maximum Gasteiger partial charge on any atom is 0.129 e. The average molecular weight is 274 g/mol. The molecule has 0 fully saturated rings. The molecule has 1 nitrogen and oxygen atoms in total. The summed E-state index contributed by atoms with van der Waals surface area (Å²) in [6.45, 7) is 3.80. The Kier molecular flexibility index (Phi) is 4.29. The number of hydrogen-bond acceptors (Lipinski definition) is 1. The third kappa shape index (κ3) is 3.28. The Morgan fingerprint density at radius 1 is 1.33 bits per heavy atom. The molecule has 2 N–H and O–H groups in total. The van der Waals surface area contributed by atoms with Crippen LogP contribution in [0.25, 0.3) is 0 Å². The lowest BCUT2D eigenvalue weighted by Gasteiger charge is -2.27. The van der Waals surface area contributed by atoms with Crippen LogP contribution in [0.1, 0.15) is 19.4 Å². The highest BCUT2D eigenvalue weighted by atomic mass is 79.9. The van der Waals surface area contributed by atoms with Crippen molar-refractivity contribution >= 4 is 15.9 Å². The molecule has 0 saturated heterocycles. The maximum absolute atomic E-state index is 14.3. The molecule has 1 rings (SSSR count). The van der Waals surface area contributed by atoms with E-state index in [9.17, 15) is 4.39 Å². The van der Waals surface area contributed by atoms with Crippen molar-refractivity contribution < 1.29 is 4.39 Å². The molecule has 0 saturated carbocycles. The number of rotatable bonds is 4. The van der Waals surface area contributed by atoms with Crippen LogP contribution in [-0.2, 0) is 6.42 Å². The minimum atomic E-state index is -1.30. The van der Waals surface area contributed by atoms with Crippen molar-refractivity contribution in [3.8, 4) is 0 Å². The molecule has 3 heteroatoms. The molecule has 0 radical (unpaired) electrons. The third-order valence-electron chi connectivity index (χ3n) is 2.79. The molecule has 1 aromatic carbocycles. The number of benzene rings is 1. The summed E-state index contributed by atoms with van der Waals surface area (Å²) in [5.74, 6) is -0.0638. The molecule has 0 aliphatic carbocycles. The van der Waals surface area contributed by atoms with Crippen molar-refractivity contribution in [2.45, 2.75) is 25.9 Å². The fourth-order valence-electron chi connectivity index (χ4n) is 1.45. The standard InChI is InChI=1S/C12H17BrFN/c1-9(2)12(14,8-15)7-10-3-5-11(13)6-4-10/h3-6,9H,7-8,15H2,1-2H3. The van der Waals surface area contributed by atoms with Crippen molar-refractivity contribution in [3.05, 3.63) is 34.3 Å². The Bertz CT molecular complexity index is 310. The van der Waals surface area contributed by atoms with Gasteiger partial charge in [-0.05, 0) is 23.6 Å². The number of hydrogen-bond donors (Lipinski definition) is 1. The topological polar surface area (TPSA) is 26.0 Å². The number of nitrogens with two attached hydrogens (primary N) is 1. The van der Waals surface area contributed by atoms with Crippen molar-refractivity contribution in [1.82, 2.24) is 0 Å². The van der Waals surface area contributed by atoms with Crippen molar-refractivity contribution in [1.29, 1.82) is 0 Å². The Balaban J connectivity index is 2.79. The van der Waals surface area contributed by atoms with Crippen LogP contribution in [-0.4, -0.2) is 12.2 Å². The van der Waals surface area contributed by atoms with Gasteiger partial charge in [0, 0.05) is 17.4 Å². The van der Waals surface area contributed by atoms with Gasteiger partial charge >= 0.3 is 0 Å². The van der Waals surface area contributed by atoms with Gasteiger partial charge in [0.2, 0.25) is 0 Å². The summed E-state index contributed by atoms with van der Waals surface area (Å²) >= 11 is 3.35. The van der Waals surface area contributed by atoms with Gasteiger partial charge in [0.05, 0.1) is 0 Å². The SMILES string of the molecule is CC(C)C(F)(CN)Cc1ccc(Br)cc1. The van der Waals surface area contributed by atoms with Gasteiger partial charge in [-0.25, -0.2) is 4.39 Å². The molecular formula is C12H17BrFN. The van der Waals surface area contributed by atoms with Gasteiger partial charge in [-0.2, -0.15) is 0 Å². The van der Waals surface area contributed by atoms with Crippen LogP contribution in [0, 0.1) is 5.92 Å². The molecule has 0 aliphatic rings. The van der Waals surface area contributed by atoms with Gasteiger partial charge < -0.3 is 5.73 Å². The molecule has 15 heavy (non-hydrogen) atoms. The first kappa shape index (κ1) is 12.7. The Morgan fingerprint density at radius 2 is 1.87 bits per heavy atom. The van der Waals surface area contributed by atoms with Gasteiger partial charge in [-0.1, -0.05) is 41.9 Å². The first-order valence-corrected chi connectivity index (χ1v) is 5.90. The highest BCUT2D eigenvalue weighted by Crippen LogP contribution is 2.26. The van der Waals surface area contributed by atoms with Gasteiger partial charge in [0.15, 0.2) is 0 Å². The molecule has 0 aromatic heterocycles. The van der Waals surface area contributed by atoms with E-state index in [1.807, 2.05) is 38.1 Å². The smallest absolute Gasteiger partial charge is 0.129 e. The van der Waals surface area contributed by atoms with E-state index in [1.54, 1.807) is 0 Å². The maximum atomic E-state index is 14.3. The van der Waals surface area contributed by atoms with Crippen molar-refractivity contribution in [3.63, 3.8) is 0 Å². The molecule has 1 aromatic rings. The van der Waals surface area contributed by atoms with Crippen LogP contribution in [0.2, 0.25) is 0 Å². The third-order valence-corrected chi connectivity index (χ3v) is 3.31. The second-order valence-electron chi connectivity index (χ2n) is 4.20. The first-order chi connectivity index (χ1) is 6.98. The molecule has 0 heterocycles. The Morgan fingerprint density at radius 3 is 2.27 bits per heavy atom. The first-order valence-electron chi connectivity index (χ1n) is 5.11. The monoisotopic (exact) mass is 273 g/mol. The van der Waals surface area contributed by atoms with Crippen LogP contribution in [0.15, 0.2) is 28.7 Å². The number of halogens is 2. The predicted molar refractivity (Wildman–Crippen MR) is 65.6 cm³/mol. The van der Waals surface area contributed by atoms with Gasteiger partial charge in [-0.15, -0.1) is 0 Å². The minimum Gasteiger partial charge on any atom is -0.328 e. The predicted octanol–water partition coefficient (Wildman–Crippen LogP) is 3.31. The Labute approximate surface area is 99.0 Å². The van der Waals surface area contributed by atoms with Crippen LogP contribution in [0.3, 0.4) is 0 Å². The van der Waals surface area contributed by atoms with E-state index in [1.165, 1.54) is 0 Å². The van der Waals surface area contributed by atoms with E-state index >= 15 is 0 Å². The van der Waals surface area contributed by atoms with E-state index in [-0.39, 0.29) is 12.5 Å². The summed E-state index contributed by atoms with van der Waals surface area (Å²) in [4.78, 5) is 0. The lowest BCUT2D eigenvalue weighted by Crippen LogP contribution is -2.40. The Hall–Kier alpha value is -0.410. The average Bonchev–Trinajstić information content (AvgIpc) is 2.21. The molecular weight excluding hydrogens is 257 g/mol. The van der Waals surface area contributed by atoms with Gasteiger partial charge in [-0.3, -0.25) is 0 Å². The highest BCUT2D eigenvalue weighted by molar-refractivity contribution is 9.10. The molecule has 0 spiro atoms. The molecule has 0 aliphatic heterocycles. The van der Waals surface area contributed by atoms with Crippen LogP contribution in [0.5, 0.6) is 0 Å². The quantitative estimate of drug-likeness (QED) is 0.895. The molecule has 84 valence electrons. The summed E-state index contributed by atoms with van der Waals surface area (Å²) in [5.41, 5.74) is 5.19. The highest BCUT2D eigenvalue weighted by Gasteiger charge is 2.32. The van der Waals surface area contributed by atoms with Gasteiger partial charge in [0.1, 0.15) is 5.67 Å². The lowest BCUT2D eigenvalue weighted by molar-refractivity contribution is 0.110. The summed E-state index contributed by atoms with van der Waals surface area (Å²) in [5, 5.41) is 0.